The monoisotopic (exact) mass is 485 g/mol. The van der Waals surface area contributed by atoms with Crippen molar-refractivity contribution in [3.8, 4) is 11.3 Å². The summed E-state index contributed by atoms with van der Waals surface area (Å²) in [7, 11) is 0. The van der Waals surface area contributed by atoms with E-state index in [-0.39, 0.29) is 17.6 Å². The summed E-state index contributed by atoms with van der Waals surface area (Å²) >= 11 is 10.1. The van der Waals surface area contributed by atoms with Gasteiger partial charge in [0.05, 0.1) is 16.3 Å². The number of hydrogen-bond donors (Lipinski definition) is 2. The first-order chi connectivity index (χ1) is 15.1. The highest BCUT2D eigenvalue weighted by atomic mass is 35.5. The molecule has 4 rings (SSSR count). The zero-order valence-corrected chi connectivity index (χ0v) is 19.2. The predicted molar refractivity (Wildman–Crippen MR) is 131 cm³/mol. The molecular weight excluding hydrogens is 470 g/mol. The summed E-state index contributed by atoms with van der Waals surface area (Å²) < 4.78 is 0. The first-order valence-electron chi connectivity index (χ1n) is 9.16. The number of aromatic nitrogens is 1. The third kappa shape index (κ3) is 5.95. The fourth-order valence-corrected chi connectivity index (χ4v) is 4.80. The molecule has 9 heteroatoms. The maximum Gasteiger partial charge on any atom is 0.265 e. The lowest BCUT2D eigenvalue weighted by Crippen LogP contribution is -2.13. The number of carbonyl (C=O) groups is 2. The number of thiazole rings is 1. The van der Waals surface area contributed by atoms with E-state index >= 15 is 0 Å². The molecule has 4 aromatic rings. The number of halogens is 1. The van der Waals surface area contributed by atoms with E-state index in [9.17, 15) is 9.59 Å². The van der Waals surface area contributed by atoms with Gasteiger partial charge in [0, 0.05) is 26.5 Å². The molecular formula is C22H16ClN3O2S3. The van der Waals surface area contributed by atoms with Crippen LogP contribution in [0.3, 0.4) is 0 Å². The summed E-state index contributed by atoms with van der Waals surface area (Å²) in [6, 6.07) is 18.4. The fraction of sp³-hybridized carbons (Fsp3) is 0.0455. The van der Waals surface area contributed by atoms with Gasteiger partial charge in [0.1, 0.15) is 0 Å². The minimum absolute atomic E-state index is 0.128. The average molecular weight is 486 g/mol. The van der Waals surface area contributed by atoms with Crippen LogP contribution in [0, 0.1) is 0 Å². The Morgan fingerprint density at radius 3 is 2.45 bits per heavy atom. The van der Waals surface area contributed by atoms with Gasteiger partial charge in [0.2, 0.25) is 5.91 Å². The van der Waals surface area contributed by atoms with Crippen molar-refractivity contribution in [2.45, 2.75) is 4.90 Å². The summed E-state index contributed by atoms with van der Waals surface area (Å²) in [4.78, 5) is 30.4. The van der Waals surface area contributed by atoms with Crippen LogP contribution in [0.25, 0.3) is 11.3 Å². The average Bonchev–Trinajstić information content (AvgIpc) is 3.46. The second-order valence-corrected chi connectivity index (χ2v) is 9.63. The molecule has 0 atom stereocenters. The summed E-state index contributed by atoms with van der Waals surface area (Å²) in [6.45, 7) is 0. The molecule has 0 radical (unpaired) electrons. The molecule has 156 valence electrons. The zero-order valence-electron chi connectivity index (χ0n) is 16.0. The van der Waals surface area contributed by atoms with E-state index in [0.717, 1.165) is 16.2 Å². The molecule has 0 saturated carbocycles. The van der Waals surface area contributed by atoms with Crippen molar-refractivity contribution in [2.75, 3.05) is 16.4 Å². The Bertz CT molecular complexity index is 1170. The van der Waals surface area contributed by atoms with Gasteiger partial charge in [-0.25, -0.2) is 4.98 Å². The lowest BCUT2D eigenvalue weighted by molar-refractivity contribution is -0.113. The SMILES string of the molecule is O=C(CSc1ccc(NC(=O)c2cccs2)cc1)Nc1nc(-c2ccc(Cl)cc2)cs1. The minimum Gasteiger partial charge on any atom is -0.321 e. The van der Waals surface area contributed by atoms with Crippen LogP contribution >= 0.6 is 46.0 Å². The smallest absolute Gasteiger partial charge is 0.265 e. The Labute approximate surface area is 196 Å². The molecule has 0 unspecified atom stereocenters. The summed E-state index contributed by atoms with van der Waals surface area (Å²) in [5.74, 6) is 0.00445. The lowest BCUT2D eigenvalue weighted by atomic mass is 10.2. The molecule has 2 amide bonds. The number of rotatable bonds is 7. The summed E-state index contributed by atoms with van der Waals surface area (Å²) in [5.41, 5.74) is 2.45. The molecule has 5 nitrogen and oxygen atoms in total. The molecule has 0 aliphatic heterocycles. The van der Waals surface area contributed by atoms with Gasteiger partial charge in [-0.3, -0.25) is 9.59 Å². The summed E-state index contributed by atoms with van der Waals surface area (Å²) in [5, 5.41) is 10.7. The number of thiophene rings is 1. The van der Waals surface area contributed by atoms with E-state index in [1.165, 1.54) is 34.4 Å². The van der Waals surface area contributed by atoms with Crippen molar-refractivity contribution in [3.63, 3.8) is 0 Å². The Morgan fingerprint density at radius 1 is 0.968 bits per heavy atom. The molecule has 2 aromatic heterocycles. The van der Waals surface area contributed by atoms with Gasteiger partial charge in [-0.1, -0.05) is 29.8 Å². The normalized spacial score (nSPS) is 10.6. The molecule has 2 heterocycles. The quantitative estimate of drug-likeness (QED) is 0.293. The van der Waals surface area contributed by atoms with E-state index in [1.807, 2.05) is 65.4 Å². The molecule has 2 aromatic carbocycles. The van der Waals surface area contributed by atoms with Crippen molar-refractivity contribution >= 4 is 68.7 Å². The number of benzene rings is 2. The van der Waals surface area contributed by atoms with Gasteiger partial charge in [-0.05, 0) is 47.8 Å². The van der Waals surface area contributed by atoms with Gasteiger partial charge in [0.15, 0.2) is 5.13 Å². The van der Waals surface area contributed by atoms with E-state index < -0.39 is 0 Å². The number of carbonyl (C=O) groups excluding carboxylic acids is 2. The van der Waals surface area contributed by atoms with Crippen LogP contribution in [-0.4, -0.2) is 22.6 Å². The summed E-state index contributed by atoms with van der Waals surface area (Å²) in [6.07, 6.45) is 0. The van der Waals surface area contributed by atoms with Crippen LogP contribution in [0.1, 0.15) is 9.67 Å². The highest BCUT2D eigenvalue weighted by molar-refractivity contribution is 8.00. The number of thioether (sulfide) groups is 1. The topological polar surface area (TPSA) is 71.1 Å². The van der Waals surface area contributed by atoms with Crippen molar-refractivity contribution in [1.29, 1.82) is 0 Å². The Kier molecular flexibility index (Phi) is 7.03. The Morgan fingerprint density at radius 2 is 1.74 bits per heavy atom. The molecule has 0 aliphatic carbocycles. The van der Waals surface area contributed by atoms with Crippen molar-refractivity contribution in [3.05, 3.63) is 81.3 Å². The van der Waals surface area contributed by atoms with Gasteiger partial charge in [-0.2, -0.15) is 0 Å². The van der Waals surface area contributed by atoms with Gasteiger partial charge >= 0.3 is 0 Å². The largest absolute Gasteiger partial charge is 0.321 e. The first-order valence-corrected chi connectivity index (χ1v) is 12.3. The fourth-order valence-electron chi connectivity index (χ4n) is 2.62. The van der Waals surface area contributed by atoms with Gasteiger partial charge in [-0.15, -0.1) is 34.4 Å². The van der Waals surface area contributed by atoms with E-state index in [2.05, 4.69) is 15.6 Å². The molecule has 0 fully saturated rings. The zero-order chi connectivity index (χ0) is 21.6. The number of anilines is 2. The molecule has 31 heavy (non-hydrogen) atoms. The second-order valence-electron chi connectivity index (χ2n) is 6.34. The molecule has 0 aliphatic rings. The van der Waals surface area contributed by atoms with Crippen molar-refractivity contribution < 1.29 is 9.59 Å². The number of nitrogens with one attached hydrogen (secondary N) is 2. The van der Waals surface area contributed by atoms with Gasteiger partial charge < -0.3 is 10.6 Å². The second kappa shape index (κ2) is 10.1. The Balaban J connectivity index is 1.27. The van der Waals surface area contributed by atoms with E-state index in [1.54, 1.807) is 6.07 Å². The van der Waals surface area contributed by atoms with Crippen LogP contribution < -0.4 is 10.6 Å². The molecule has 0 spiro atoms. The number of hydrogen-bond acceptors (Lipinski definition) is 6. The standard InChI is InChI=1S/C22H16ClN3O2S3/c23-15-5-3-14(4-6-15)18-12-31-22(25-18)26-20(27)13-30-17-9-7-16(8-10-17)24-21(28)19-2-1-11-29-19/h1-12H,13H2,(H,24,28)(H,25,26,27). The van der Waals surface area contributed by atoms with E-state index in [4.69, 9.17) is 11.6 Å². The van der Waals surface area contributed by atoms with Crippen LogP contribution in [0.4, 0.5) is 10.8 Å². The Hall–Kier alpha value is -2.65. The maximum absolute atomic E-state index is 12.3. The van der Waals surface area contributed by atoms with Gasteiger partial charge in [0.25, 0.3) is 5.91 Å². The first kappa shape index (κ1) is 21.6. The maximum atomic E-state index is 12.3. The van der Waals surface area contributed by atoms with Crippen LogP contribution in [0.5, 0.6) is 0 Å². The number of nitrogens with zero attached hydrogens (tertiary/aromatic N) is 1. The van der Waals surface area contributed by atoms with E-state index in [0.29, 0.717) is 20.7 Å². The lowest BCUT2D eigenvalue weighted by Gasteiger charge is -2.06. The number of amides is 2. The van der Waals surface area contributed by atoms with Crippen LogP contribution in [-0.2, 0) is 4.79 Å². The van der Waals surface area contributed by atoms with Crippen molar-refractivity contribution in [1.82, 2.24) is 4.98 Å². The van der Waals surface area contributed by atoms with Crippen LogP contribution in [0.2, 0.25) is 5.02 Å². The third-order valence-electron chi connectivity index (χ3n) is 4.12. The van der Waals surface area contributed by atoms with Crippen molar-refractivity contribution in [2.24, 2.45) is 0 Å². The van der Waals surface area contributed by atoms with Crippen LogP contribution in [0.15, 0.2) is 76.3 Å². The highest BCUT2D eigenvalue weighted by Crippen LogP contribution is 2.27. The molecule has 2 N–H and O–H groups in total. The minimum atomic E-state index is -0.129. The highest BCUT2D eigenvalue weighted by Gasteiger charge is 2.10. The third-order valence-corrected chi connectivity index (χ3v) is 7.01. The molecule has 0 saturated heterocycles. The predicted octanol–water partition coefficient (Wildman–Crippen LogP) is 6.51. The molecule has 0 bridgehead atoms.